The highest BCUT2D eigenvalue weighted by atomic mass is 32.2. The van der Waals surface area contributed by atoms with Crippen LogP contribution in [0.1, 0.15) is 0 Å². The number of thioether (sulfide) groups is 2. The Morgan fingerprint density at radius 3 is 3.10 bits per heavy atom. The summed E-state index contributed by atoms with van der Waals surface area (Å²) in [6.45, 7) is 0.882. The van der Waals surface area contributed by atoms with Crippen molar-refractivity contribution in [3.8, 4) is 0 Å². The summed E-state index contributed by atoms with van der Waals surface area (Å²) in [6, 6.07) is 0. The molecule has 10 heavy (non-hydrogen) atoms. The fraction of sp³-hybridized carbons (Fsp3) is 0.833. The van der Waals surface area contributed by atoms with Crippen molar-refractivity contribution in [1.29, 1.82) is 0 Å². The molecule has 0 bridgehead atoms. The maximum absolute atomic E-state index is 5.42. The minimum Gasteiger partial charge on any atom is -0.364 e. The Balaban J connectivity index is 1.85. The van der Waals surface area contributed by atoms with Crippen LogP contribution in [0, 0.1) is 6.10 Å². The van der Waals surface area contributed by atoms with Crippen LogP contribution >= 0.6 is 23.5 Å². The summed E-state index contributed by atoms with van der Waals surface area (Å²) in [6.07, 6.45) is 1.13. The molecule has 2 aliphatic rings. The van der Waals surface area contributed by atoms with Crippen LogP contribution in [0.15, 0.2) is 0 Å². The maximum atomic E-state index is 5.42. The molecule has 0 aromatic carbocycles. The fourth-order valence-electron chi connectivity index (χ4n) is 0.982. The van der Waals surface area contributed by atoms with E-state index in [1.165, 1.54) is 0 Å². The predicted molar refractivity (Wildman–Crippen MR) is 43.9 cm³/mol. The lowest BCUT2D eigenvalue weighted by Crippen LogP contribution is -2.15. The van der Waals surface area contributed by atoms with Gasteiger partial charge < -0.3 is 9.47 Å². The Morgan fingerprint density at radius 1 is 1.50 bits per heavy atom. The molecule has 2 saturated heterocycles. The molecule has 2 rings (SSSR count). The summed E-state index contributed by atoms with van der Waals surface area (Å²) in [7, 11) is 0. The minimum atomic E-state index is 0.245. The van der Waals surface area contributed by atoms with Crippen molar-refractivity contribution in [2.24, 2.45) is 0 Å². The smallest absolute Gasteiger partial charge is 0.147 e. The first kappa shape index (κ1) is 7.28. The molecule has 0 aromatic heterocycles. The summed E-state index contributed by atoms with van der Waals surface area (Å²) < 4.78 is 10.8. The van der Waals surface area contributed by atoms with Crippen LogP contribution in [0.25, 0.3) is 0 Å². The van der Waals surface area contributed by atoms with E-state index in [-0.39, 0.29) is 5.44 Å². The van der Waals surface area contributed by atoms with Crippen LogP contribution < -0.4 is 0 Å². The average Bonchev–Trinajstić information content (AvgIpc) is 2.59. The standard InChI is InChI=1S/C6H9O2S2/c1-2-10-6(7-1)5-3-9-4-8-5/h6H,1-4H2. The van der Waals surface area contributed by atoms with Gasteiger partial charge in [0.25, 0.3) is 0 Å². The zero-order chi connectivity index (χ0) is 6.81. The van der Waals surface area contributed by atoms with Crippen LogP contribution in [0.4, 0.5) is 0 Å². The van der Waals surface area contributed by atoms with Crippen molar-refractivity contribution in [2.45, 2.75) is 5.44 Å². The lowest BCUT2D eigenvalue weighted by molar-refractivity contribution is 0.0791. The first-order valence-corrected chi connectivity index (χ1v) is 5.46. The lowest BCUT2D eigenvalue weighted by Gasteiger charge is -2.12. The highest BCUT2D eigenvalue weighted by Gasteiger charge is 2.31. The molecule has 2 fully saturated rings. The van der Waals surface area contributed by atoms with E-state index in [1.54, 1.807) is 0 Å². The van der Waals surface area contributed by atoms with Gasteiger partial charge in [-0.05, 0) is 0 Å². The van der Waals surface area contributed by atoms with Gasteiger partial charge in [0.05, 0.1) is 12.5 Å². The van der Waals surface area contributed by atoms with E-state index >= 15 is 0 Å². The quantitative estimate of drug-likeness (QED) is 0.601. The summed E-state index contributed by atoms with van der Waals surface area (Å²) in [5.41, 5.74) is 0.245. The monoisotopic (exact) mass is 177 g/mol. The van der Waals surface area contributed by atoms with E-state index in [2.05, 4.69) is 0 Å². The van der Waals surface area contributed by atoms with E-state index < -0.39 is 0 Å². The van der Waals surface area contributed by atoms with E-state index in [4.69, 9.17) is 9.47 Å². The largest absolute Gasteiger partial charge is 0.364 e. The average molecular weight is 177 g/mol. The normalized spacial score (nSPS) is 35.4. The molecule has 0 amide bonds. The van der Waals surface area contributed by atoms with Gasteiger partial charge in [0, 0.05) is 11.5 Å². The first-order valence-electron chi connectivity index (χ1n) is 3.26. The molecule has 0 aliphatic carbocycles. The second-order valence-electron chi connectivity index (χ2n) is 2.15. The third kappa shape index (κ3) is 1.44. The van der Waals surface area contributed by atoms with Gasteiger partial charge in [-0.15, -0.1) is 23.5 Å². The first-order chi connectivity index (χ1) is 4.97. The Bertz CT molecular complexity index is 94.3. The highest BCUT2D eigenvalue weighted by Crippen LogP contribution is 2.35. The van der Waals surface area contributed by atoms with Gasteiger partial charge in [0.1, 0.15) is 11.5 Å². The van der Waals surface area contributed by atoms with Gasteiger partial charge >= 0.3 is 0 Å². The number of hydrogen-bond acceptors (Lipinski definition) is 4. The molecule has 0 spiro atoms. The highest BCUT2D eigenvalue weighted by molar-refractivity contribution is 8.01. The second-order valence-corrected chi connectivity index (χ2v) is 4.25. The number of rotatable bonds is 1. The van der Waals surface area contributed by atoms with Gasteiger partial charge in [0.2, 0.25) is 0 Å². The van der Waals surface area contributed by atoms with Crippen LogP contribution in [0.2, 0.25) is 0 Å². The summed E-state index contributed by atoms with van der Waals surface area (Å²) in [5.74, 6) is 2.95. The van der Waals surface area contributed by atoms with E-state index in [0.717, 1.165) is 30.2 Å². The van der Waals surface area contributed by atoms with Crippen molar-refractivity contribution in [1.82, 2.24) is 0 Å². The Kier molecular flexibility index (Phi) is 2.43. The topological polar surface area (TPSA) is 18.5 Å². The summed E-state index contributed by atoms with van der Waals surface area (Å²) >= 11 is 3.66. The maximum Gasteiger partial charge on any atom is 0.147 e. The van der Waals surface area contributed by atoms with Crippen molar-refractivity contribution in [2.75, 3.05) is 24.1 Å². The summed E-state index contributed by atoms with van der Waals surface area (Å²) in [4.78, 5) is 0. The van der Waals surface area contributed by atoms with E-state index in [0.29, 0.717) is 0 Å². The molecule has 4 heteroatoms. The van der Waals surface area contributed by atoms with Gasteiger partial charge in [-0.2, -0.15) is 0 Å². The Morgan fingerprint density at radius 2 is 2.50 bits per heavy atom. The van der Waals surface area contributed by atoms with Crippen molar-refractivity contribution in [3.63, 3.8) is 0 Å². The second kappa shape index (κ2) is 3.34. The zero-order valence-corrected chi connectivity index (χ0v) is 7.17. The molecule has 0 N–H and O–H groups in total. The Hall–Kier alpha value is 0.620. The molecule has 0 aromatic rings. The van der Waals surface area contributed by atoms with E-state index in [9.17, 15) is 0 Å². The molecule has 0 saturated carbocycles. The van der Waals surface area contributed by atoms with Gasteiger partial charge in [-0.1, -0.05) is 0 Å². The third-order valence-electron chi connectivity index (χ3n) is 1.46. The lowest BCUT2D eigenvalue weighted by atomic mass is 10.4. The molecule has 2 heterocycles. The molecule has 2 aliphatic heterocycles. The summed E-state index contributed by atoms with van der Waals surface area (Å²) in [5, 5.41) is 0. The van der Waals surface area contributed by atoms with Crippen molar-refractivity contribution in [3.05, 3.63) is 6.10 Å². The van der Waals surface area contributed by atoms with Gasteiger partial charge in [-0.25, -0.2) is 0 Å². The molecule has 57 valence electrons. The van der Waals surface area contributed by atoms with Crippen LogP contribution in [0.3, 0.4) is 0 Å². The van der Waals surface area contributed by atoms with Crippen LogP contribution in [0.5, 0.6) is 0 Å². The predicted octanol–water partition coefficient (Wildman–Crippen LogP) is 1.33. The van der Waals surface area contributed by atoms with Crippen molar-refractivity contribution >= 4 is 23.5 Å². The minimum absolute atomic E-state index is 0.245. The Labute approximate surface area is 69.0 Å². The van der Waals surface area contributed by atoms with Crippen LogP contribution in [-0.2, 0) is 9.47 Å². The fourth-order valence-corrected chi connectivity index (χ4v) is 2.78. The van der Waals surface area contributed by atoms with Gasteiger partial charge in [-0.3, -0.25) is 0 Å². The van der Waals surface area contributed by atoms with Crippen LogP contribution in [-0.4, -0.2) is 29.5 Å². The number of ether oxygens (including phenoxy) is 2. The number of hydrogen-bond donors (Lipinski definition) is 0. The zero-order valence-electron chi connectivity index (χ0n) is 5.54. The molecule has 1 radical (unpaired) electrons. The molecule has 1 unspecified atom stereocenters. The SMILES string of the molecule is C1CSC([C]2CSCO2)O1. The third-order valence-corrected chi connectivity index (χ3v) is 3.33. The molecule has 2 nitrogen and oxygen atoms in total. The molecule has 1 atom stereocenters. The van der Waals surface area contributed by atoms with E-state index in [1.807, 2.05) is 23.5 Å². The van der Waals surface area contributed by atoms with Crippen molar-refractivity contribution < 1.29 is 9.47 Å². The molecular formula is C6H9O2S2. The van der Waals surface area contributed by atoms with Gasteiger partial charge in [0.15, 0.2) is 0 Å². The molecular weight excluding hydrogens is 168 g/mol.